The van der Waals surface area contributed by atoms with E-state index in [1.54, 1.807) is 0 Å². The van der Waals surface area contributed by atoms with Gasteiger partial charge in [-0.05, 0) is 12.8 Å². The SMILES string of the molecule is O=S(=O)(O)CCNC1CCCCCC1. The van der Waals surface area contributed by atoms with Gasteiger partial charge in [-0.2, -0.15) is 8.42 Å². The topological polar surface area (TPSA) is 66.4 Å². The lowest BCUT2D eigenvalue weighted by Crippen LogP contribution is -2.32. The third kappa shape index (κ3) is 5.57. The van der Waals surface area contributed by atoms with Crippen LogP contribution in [0.3, 0.4) is 0 Å². The van der Waals surface area contributed by atoms with Gasteiger partial charge >= 0.3 is 0 Å². The predicted octanol–water partition coefficient (Wildman–Crippen LogP) is 1.19. The summed E-state index contributed by atoms with van der Waals surface area (Å²) in [5.41, 5.74) is 0. The molecule has 0 radical (unpaired) electrons. The highest BCUT2D eigenvalue weighted by Gasteiger charge is 2.12. The lowest BCUT2D eigenvalue weighted by Gasteiger charge is -2.15. The Morgan fingerprint density at radius 3 is 2.21 bits per heavy atom. The van der Waals surface area contributed by atoms with Crippen molar-refractivity contribution in [3.05, 3.63) is 0 Å². The van der Waals surface area contributed by atoms with E-state index in [0.29, 0.717) is 12.6 Å². The zero-order chi connectivity index (χ0) is 10.4. The van der Waals surface area contributed by atoms with Crippen LogP contribution in [0.1, 0.15) is 38.5 Å². The molecule has 0 aromatic carbocycles. The van der Waals surface area contributed by atoms with Crippen molar-refractivity contribution in [3.8, 4) is 0 Å². The van der Waals surface area contributed by atoms with Crippen molar-refractivity contribution in [2.45, 2.75) is 44.6 Å². The highest BCUT2D eigenvalue weighted by Crippen LogP contribution is 2.16. The molecule has 0 aliphatic heterocycles. The molecule has 0 heterocycles. The quantitative estimate of drug-likeness (QED) is 0.553. The minimum atomic E-state index is -3.80. The maximum atomic E-state index is 10.5. The summed E-state index contributed by atoms with van der Waals surface area (Å²) in [6.45, 7) is 0.365. The van der Waals surface area contributed by atoms with Gasteiger partial charge in [0.15, 0.2) is 0 Å². The van der Waals surface area contributed by atoms with Crippen LogP contribution in [-0.2, 0) is 10.1 Å². The van der Waals surface area contributed by atoms with E-state index >= 15 is 0 Å². The Balaban J connectivity index is 2.16. The van der Waals surface area contributed by atoms with E-state index in [-0.39, 0.29) is 5.75 Å². The Hall–Kier alpha value is -0.130. The molecule has 1 saturated carbocycles. The van der Waals surface area contributed by atoms with Crippen molar-refractivity contribution in [2.75, 3.05) is 12.3 Å². The molecule has 0 spiro atoms. The number of rotatable bonds is 4. The molecule has 14 heavy (non-hydrogen) atoms. The monoisotopic (exact) mass is 221 g/mol. The second-order valence-corrected chi connectivity index (χ2v) is 5.50. The van der Waals surface area contributed by atoms with E-state index in [1.165, 1.54) is 25.7 Å². The first kappa shape index (κ1) is 11.9. The zero-order valence-corrected chi connectivity index (χ0v) is 9.22. The Morgan fingerprint density at radius 2 is 1.71 bits per heavy atom. The first-order chi connectivity index (χ1) is 6.58. The normalized spacial score (nSPS) is 20.6. The van der Waals surface area contributed by atoms with Crippen LogP contribution in [0.4, 0.5) is 0 Å². The molecule has 2 N–H and O–H groups in total. The second-order valence-electron chi connectivity index (χ2n) is 3.93. The molecule has 0 saturated heterocycles. The van der Waals surface area contributed by atoms with Gasteiger partial charge in [0, 0.05) is 12.6 Å². The summed E-state index contributed by atoms with van der Waals surface area (Å²) in [6.07, 6.45) is 7.29. The van der Waals surface area contributed by atoms with E-state index in [2.05, 4.69) is 5.32 Å². The van der Waals surface area contributed by atoms with Crippen molar-refractivity contribution in [1.29, 1.82) is 0 Å². The fourth-order valence-corrected chi connectivity index (χ4v) is 2.25. The van der Waals surface area contributed by atoms with E-state index < -0.39 is 10.1 Å². The standard InChI is InChI=1S/C9H19NO3S/c11-14(12,13)8-7-10-9-5-3-1-2-4-6-9/h9-10H,1-8H2,(H,11,12,13). The summed E-state index contributed by atoms with van der Waals surface area (Å²) >= 11 is 0. The Labute approximate surface area is 85.8 Å². The molecule has 0 bridgehead atoms. The van der Waals surface area contributed by atoms with Crippen LogP contribution in [0.25, 0.3) is 0 Å². The molecule has 1 aliphatic carbocycles. The van der Waals surface area contributed by atoms with Gasteiger partial charge in [0.1, 0.15) is 0 Å². The molecule has 0 aromatic rings. The van der Waals surface area contributed by atoms with Crippen LogP contribution in [0, 0.1) is 0 Å². The average Bonchev–Trinajstić information content (AvgIpc) is 2.30. The summed E-state index contributed by atoms with van der Waals surface area (Å²) < 4.78 is 29.4. The Bertz CT molecular complexity index is 243. The molecule has 1 fully saturated rings. The Morgan fingerprint density at radius 1 is 1.14 bits per heavy atom. The van der Waals surface area contributed by atoms with Gasteiger partial charge in [-0.1, -0.05) is 25.7 Å². The highest BCUT2D eigenvalue weighted by molar-refractivity contribution is 7.85. The molecular weight excluding hydrogens is 202 g/mol. The smallest absolute Gasteiger partial charge is 0.266 e. The van der Waals surface area contributed by atoms with Gasteiger partial charge in [-0.15, -0.1) is 0 Å². The summed E-state index contributed by atoms with van der Waals surface area (Å²) in [6, 6.07) is 0.444. The second kappa shape index (κ2) is 5.68. The highest BCUT2D eigenvalue weighted by atomic mass is 32.2. The summed E-state index contributed by atoms with van der Waals surface area (Å²) in [5.74, 6) is -0.177. The van der Waals surface area contributed by atoms with Gasteiger partial charge in [0.05, 0.1) is 5.75 Å². The zero-order valence-electron chi connectivity index (χ0n) is 8.41. The van der Waals surface area contributed by atoms with Crippen LogP contribution in [0.5, 0.6) is 0 Å². The third-order valence-corrected chi connectivity index (χ3v) is 3.37. The Kier molecular flexibility index (Phi) is 4.84. The fraction of sp³-hybridized carbons (Fsp3) is 1.00. The molecule has 1 rings (SSSR count). The van der Waals surface area contributed by atoms with Crippen molar-refractivity contribution in [2.24, 2.45) is 0 Å². The van der Waals surface area contributed by atoms with Gasteiger partial charge in [0.2, 0.25) is 0 Å². The van der Waals surface area contributed by atoms with Crippen LogP contribution in [0.2, 0.25) is 0 Å². The molecular formula is C9H19NO3S. The fourth-order valence-electron chi connectivity index (χ4n) is 1.88. The van der Waals surface area contributed by atoms with Gasteiger partial charge < -0.3 is 5.32 Å². The van der Waals surface area contributed by atoms with E-state index in [1.807, 2.05) is 0 Å². The van der Waals surface area contributed by atoms with E-state index in [4.69, 9.17) is 4.55 Å². The lowest BCUT2D eigenvalue weighted by atomic mass is 10.1. The van der Waals surface area contributed by atoms with Gasteiger partial charge in [0.25, 0.3) is 10.1 Å². The molecule has 84 valence electrons. The summed E-state index contributed by atoms with van der Waals surface area (Å²) in [7, 11) is -3.80. The molecule has 0 atom stereocenters. The lowest BCUT2D eigenvalue weighted by molar-refractivity contribution is 0.455. The molecule has 0 aromatic heterocycles. The van der Waals surface area contributed by atoms with Crippen molar-refractivity contribution < 1.29 is 13.0 Å². The molecule has 1 aliphatic rings. The molecule has 0 unspecified atom stereocenters. The summed E-state index contributed by atoms with van der Waals surface area (Å²) in [4.78, 5) is 0. The number of hydrogen-bond donors (Lipinski definition) is 2. The van der Waals surface area contributed by atoms with Gasteiger partial charge in [-0.3, -0.25) is 4.55 Å². The maximum Gasteiger partial charge on any atom is 0.266 e. The first-order valence-corrected chi connectivity index (χ1v) is 6.87. The first-order valence-electron chi connectivity index (χ1n) is 5.26. The average molecular weight is 221 g/mol. The van der Waals surface area contributed by atoms with Crippen molar-refractivity contribution >= 4 is 10.1 Å². The third-order valence-electron chi connectivity index (χ3n) is 2.65. The predicted molar refractivity (Wildman–Crippen MR) is 55.9 cm³/mol. The number of nitrogens with one attached hydrogen (secondary N) is 1. The minimum absolute atomic E-state index is 0.177. The van der Waals surface area contributed by atoms with Crippen molar-refractivity contribution in [3.63, 3.8) is 0 Å². The summed E-state index contributed by atoms with van der Waals surface area (Å²) in [5, 5.41) is 3.18. The van der Waals surface area contributed by atoms with Crippen LogP contribution in [0.15, 0.2) is 0 Å². The maximum absolute atomic E-state index is 10.5. The molecule has 5 heteroatoms. The van der Waals surface area contributed by atoms with Crippen molar-refractivity contribution in [1.82, 2.24) is 5.32 Å². The molecule has 0 amide bonds. The largest absolute Gasteiger partial charge is 0.313 e. The van der Waals surface area contributed by atoms with Crippen LogP contribution >= 0.6 is 0 Å². The molecule has 4 nitrogen and oxygen atoms in total. The van der Waals surface area contributed by atoms with Crippen LogP contribution in [-0.4, -0.2) is 31.3 Å². The number of hydrogen-bond acceptors (Lipinski definition) is 3. The van der Waals surface area contributed by atoms with E-state index in [9.17, 15) is 8.42 Å². The van der Waals surface area contributed by atoms with E-state index in [0.717, 1.165) is 12.8 Å². The minimum Gasteiger partial charge on any atom is -0.313 e. The van der Waals surface area contributed by atoms with Gasteiger partial charge in [-0.25, -0.2) is 0 Å². The van der Waals surface area contributed by atoms with Crippen LogP contribution < -0.4 is 5.32 Å².